The van der Waals surface area contributed by atoms with E-state index in [4.69, 9.17) is 4.42 Å². The van der Waals surface area contributed by atoms with Gasteiger partial charge in [0.1, 0.15) is 11.6 Å². The number of amides is 1. The van der Waals surface area contributed by atoms with E-state index in [0.29, 0.717) is 30.9 Å². The molecule has 1 aromatic carbocycles. The first-order chi connectivity index (χ1) is 13.6. The van der Waals surface area contributed by atoms with Gasteiger partial charge in [0, 0.05) is 31.0 Å². The van der Waals surface area contributed by atoms with Crippen LogP contribution in [0.25, 0.3) is 0 Å². The number of carbonyl (C=O) groups excluding carboxylic acids is 1. The topological polar surface area (TPSA) is 82.1 Å². The van der Waals surface area contributed by atoms with Crippen LogP contribution in [0.5, 0.6) is 0 Å². The van der Waals surface area contributed by atoms with Crippen LogP contribution in [0.4, 0.5) is 0 Å². The second kappa shape index (κ2) is 8.10. The highest BCUT2D eigenvalue weighted by Gasteiger charge is 2.22. The van der Waals surface area contributed by atoms with Crippen LogP contribution in [0.1, 0.15) is 35.0 Å². The van der Waals surface area contributed by atoms with Crippen molar-refractivity contribution in [3.63, 3.8) is 0 Å². The van der Waals surface area contributed by atoms with Gasteiger partial charge in [-0.25, -0.2) is 9.48 Å². The van der Waals surface area contributed by atoms with E-state index in [0.717, 1.165) is 22.9 Å². The number of hydrogen-bond acceptors (Lipinski definition) is 5. The van der Waals surface area contributed by atoms with Crippen molar-refractivity contribution < 1.29 is 9.21 Å². The number of nitrogens with zero attached hydrogens (tertiary/aromatic N) is 3. The molecule has 2 aromatic heterocycles. The van der Waals surface area contributed by atoms with Crippen molar-refractivity contribution in [3.8, 4) is 0 Å². The number of aromatic nitrogens is 3. The van der Waals surface area contributed by atoms with E-state index < -0.39 is 0 Å². The maximum absolute atomic E-state index is 12.5. The number of furan rings is 1. The highest BCUT2D eigenvalue weighted by atomic mass is 32.2. The average Bonchev–Trinajstić information content (AvgIpc) is 3.22. The van der Waals surface area contributed by atoms with Crippen LogP contribution >= 0.6 is 11.8 Å². The lowest BCUT2D eigenvalue weighted by Crippen LogP contribution is -2.35. The maximum Gasteiger partial charge on any atom is 0.345 e. The quantitative estimate of drug-likeness (QED) is 0.668. The standard InChI is InChI=1S/C20H22N4O3S/c1-23-20(26)24-12-11-14(7-10-18(24)22-23)21-19(25)17-9-8-15(27-17)13-28-16-5-3-2-4-6-16/h2-6,8-9,14H,7,10-13H2,1H3,(H,21,25). The number of aryl methyl sites for hydroxylation is 2. The van der Waals surface area contributed by atoms with E-state index in [-0.39, 0.29) is 17.6 Å². The fraction of sp³-hybridized carbons (Fsp3) is 0.350. The van der Waals surface area contributed by atoms with Crippen molar-refractivity contribution in [1.29, 1.82) is 0 Å². The van der Waals surface area contributed by atoms with E-state index in [9.17, 15) is 9.59 Å². The van der Waals surface area contributed by atoms with Gasteiger partial charge in [-0.3, -0.25) is 9.36 Å². The highest BCUT2D eigenvalue weighted by molar-refractivity contribution is 7.98. The molecule has 0 saturated carbocycles. The third-order valence-electron chi connectivity index (χ3n) is 4.85. The van der Waals surface area contributed by atoms with Gasteiger partial charge in [-0.1, -0.05) is 18.2 Å². The van der Waals surface area contributed by atoms with Crippen molar-refractivity contribution in [2.45, 2.75) is 42.5 Å². The van der Waals surface area contributed by atoms with Gasteiger partial charge in [0.05, 0.1) is 5.75 Å². The Balaban J connectivity index is 1.33. The maximum atomic E-state index is 12.5. The molecule has 1 amide bonds. The van der Waals surface area contributed by atoms with Crippen molar-refractivity contribution in [2.75, 3.05) is 0 Å². The van der Waals surface area contributed by atoms with E-state index in [1.165, 1.54) is 4.68 Å². The first-order valence-corrected chi connectivity index (χ1v) is 10.3. The molecule has 7 nitrogen and oxygen atoms in total. The highest BCUT2D eigenvalue weighted by Crippen LogP contribution is 2.23. The zero-order valence-corrected chi connectivity index (χ0v) is 16.4. The molecule has 4 rings (SSSR count). The first kappa shape index (κ1) is 18.6. The Bertz CT molecular complexity index is 1020. The monoisotopic (exact) mass is 398 g/mol. The molecule has 0 aliphatic carbocycles. The Kier molecular flexibility index (Phi) is 5.38. The molecular weight excluding hydrogens is 376 g/mol. The van der Waals surface area contributed by atoms with Crippen molar-refractivity contribution in [2.24, 2.45) is 7.05 Å². The normalized spacial score (nSPS) is 16.4. The summed E-state index contributed by atoms with van der Waals surface area (Å²) in [6.45, 7) is 0.560. The van der Waals surface area contributed by atoms with Gasteiger partial charge >= 0.3 is 5.69 Å². The summed E-state index contributed by atoms with van der Waals surface area (Å²) in [5.74, 6) is 2.33. The predicted molar refractivity (Wildman–Crippen MR) is 106 cm³/mol. The molecule has 0 spiro atoms. The molecule has 146 valence electrons. The van der Waals surface area contributed by atoms with Gasteiger partial charge in [0.2, 0.25) is 0 Å². The van der Waals surface area contributed by atoms with Crippen molar-refractivity contribution in [3.05, 3.63) is 70.3 Å². The lowest BCUT2D eigenvalue weighted by molar-refractivity contribution is 0.0903. The fourth-order valence-electron chi connectivity index (χ4n) is 3.35. The Morgan fingerprint density at radius 1 is 1.25 bits per heavy atom. The molecule has 1 atom stereocenters. The van der Waals surface area contributed by atoms with Gasteiger partial charge in [0.15, 0.2) is 5.76 Å². The second-order valence-electron chi connectivity index (χ2n) is 6.84. The van der Waals surface area contributed by atoms with E-state index in [1.807, 2.05) is 36.4 Å². The number of hydrogen-bond donors (Lipinski definition) is 1. The van der Waals surface area contributed by atoms with Crippen molar-refractivity contribution >= 4 is 17.7 Å². The molecule has 0 fully saturated rings. The molecule has 0 bridgehead atoms. The molecule has 8 heteroatoms. The number of carbonyl (C=O) groups is 1. The lowest BCUT2D eigenvalue weighted by atomic mass is 10.1. The second-order valence-corrected chi connectivity index (χ2v) is 7.89. The number of thioether (sulfide) groups is 1. The minimum absolute atomic E-state index is 0.00819. The summed E-state index contributed by atoms with van der Waals surface area (Å²) < 4.78 is 8.78. The van der Waals surface area contributed by atoms with Gasteiger partial charge < -0.3 is 9.73 Å². The summed E-state index contributed by atoms with van der Waals surface area (Å²) in [6.07, 6.45) is 2.11. The van der Waals surface area contributed by atoms with Crippen LogP contribution in [-0.4, -0.2) is 26.3 Å². The summed E-state index contributed by atoms with van der Waals surface area (Å²) in [4.78, 5) is 25.7. The van der Waals surface area contributed by atoms with E-state index in [1.54, 1.807) is 29.4 Å². The van der Waals surface area contributed by atoms with Crippen LogP contribution in [-0.2, 0) is 25.8 Å². The summed E-state index contributed by atoms with van der Waals surface area (Å²) >= 11 is 1.67. The number of nitrogens with one attached hydrogen (secondary N) is 1. The number of benzene rings is 1. The first-order valence-electron chi connectivity index (χ1n) is 9.30. The molecular formula is C20H22N4O3S. The summed E-state index contributed by atoms with van der Waals surface area (Å²) in [5.41, 5.74) is -0.103. The Morgan fingerprint density at radius 3 is 2.89 bits per heavy atom. The minimum atomic E-state index is -0.214. The summed E-state index contributed by atoms with van der Waals surface area (Å²) in [7, 11) is 1.66. The summed E-state index contributed by atoms with van der Waals surface area (Å²) in [6, 6.07) is 13.6. The molecule has 28 heavy (non-hydrogen) atoms. The Morgan fingerprint density at radius 2 is 2.07 bits per heavy atom. The number of rotatable bonds is 5. The van der Waals surface area contributed by atoms with Crippen LogP contribution in [0, 0.1) is 0 Å². The zero-order chi connectivity index (χ0) is 19.5. The summed E-state index contributed by atoms with van der Waals surface area (Å²) in [5, 5.41) is 7.30. The third kappa shape index (κ3) is 4.06. The molecule has 1 aliphatic heterocycles. The van der Waals surface area contributed by atoms with Crippen molar-refractivity contribution in [1.82, 2.24) is 19.7 Å². The zero-order valence-electron chi connectivity index (χ0n) is 15.6. The molecule has 1 unspecified atom stereocenters. The van der Waals surface area contributed by atoms with Crippen LogP contribution in [0.2, 0.25) is 0 Å². The predicted octanol–water partition coefficient (Wildman–Crippen LogP) is 2.60. The molecule has 3 heterocycles. The smallest absolute Gasteiger partial charge is 0.345 e. The Hall–Kier alpha value is -2.74. The van der Waals surface area contributed by atoms with Crippen LogP contribution in [0.3, 0.4) is 0 Å². The average molecular weight is 398 g/mol. The van der Waals surface area contributed by atoms with Gasteiger partial charge in [-0.2, -0.15) is 5.10 Å². The van der Waals surface area contributed by atoms with Crippen LogP contribution in [0.15, 0.2) is 56.6 Å². The van der Waals surface area contributed by atoms with Gasteiger partial charge in [-0.05, 0) is 37.1 Å². The SMILES string of the molecule is Cn1nc2n(c1=O)CCC(NC(=O)c1ccc(CSc3ccccc3)o1)CC2. The molecule has 1 aliphatic rings. The third-order valence-corrected chi connectivity index (χ3v) is 5.88. The van der Waals surface area contributed by atoms with Gasteiger partial charge in [-0.15, -0.1) is 11.8 Å². The van der Waals surface area contributed by atoms with Crippen LogP contribution < -0.4 is 11.0 Å². The molecule has 1 N–H and O–H groups in total. The number of fused-ring (bicyclic) bond motifs is 1. The largest absolute Gasteiger partial charge is 0.455 e. The van der Waals surface area contributed by atoms with E-state index in [2.05, 4.69) is 10.4 Å². The van der Waals surface area contributed by atoms with Gasteiger partial charge in [0.25, 0.3) is 5.91 Å². The minimum Gasteiger partial charge on any atom is -0.455 e. The fourth-order valence-corrected chi connectivity index (χ4v) is 4.16. The van der Waals surface area contributed by atoms with E-state index >= 15 is 0 Å². The molecule has 3 aromatic rings. The lowest BCUT2D eigenvalue weighted by Gasteiger charge is -2.14. The molecule has 0 radical (unpaired) electrons. The Labute approximate surface area is 166 Å². The molecule has 0 saturated heterocycles.